The molecule has 80 valence electrons. The van der Waals surface area contributed by atoms with E-state index in [0.717, 1.165) is 0 Å². The summed E-state index contributed by atoms with van der Waals surface area (Å²) in [5, 5.41) is 2.28. The van der Waals surface area contributed by atoms with Crippen LogP contribution in [0.15, 0.2) is 0 Å². The normalized spacial score (nSPS) is 11.4. The minimum absolute atomic E-state index is 0.405. The maximum atomic E-state index is 11.0. The van der Waals surface area contributed by atoms with E-state index in [9.17, 15) is 14.4 Å². The number of hydrogen-bond acceptors (Lipinski definition) is 5. The van der Waals surface area contributed by atoms with Gasteiger partial charge in [0, 0.05) is 0 Å². The average molecular weight is 203 g/mol. The van der Waals surface area contributed by atoms with Crippen molar-refractivity contribution in [3.05, 3.63) is 0 Å². The third-order valence-electron chi connectivity index (χ3n) is 1.46. The Morgan fingerprint density at radius 2 is 1.79 bits per heavy atom. The topological polar surface area (TPSA) is 81.7 Å². The zero-order valence-corrected chi connectivity index (χ0v) is 8.33. The highest BCUT2D eigenvalue weighted by atomic mass is 16.5. The van der Waals surface area contributed by atoms with Crippen molar-refractivity contribution in [1.82, 2.24) is 5.32 Å². The van der Waals surface area contributed by atoms with E-state index in [0.29, 0.717) is 0 Å². The van der Waals surface area contributed by atoms with Crippen LogP contribution in [0.1, 0.15) is 13.3 Å². The highest BCUT2D eigenvalue weighted by Crippen LogP contribution is 1.89. The third kappa shape index (κ3) is 4.44. The first-order valence-electron chi connectivity index (χ1n) is 3.95. The molecule has 14 heavy (non-hydrogen) atoms. The van der Waals surface area contributed by atoms with Crippen molar-refractivity contribution in [2.24, 2.45) is 0 Å². The summed E-state index contributed by atoms with van der Waals surface area (Å²) < 4.78 is 8.65. The Kier molecular flexibility index (Phi) is 5.28. The summed E-state index contributed by atoms with van der Waals surface area (Å²) in [5.74, 6) is -1.79. The van der Waals surface area contributed by atoms with Gasteiger partial charge >= 0.3 is 11.9 Å². The highest BCUT2D eigenvalue weighted by molar-refractivity contribution is 5.95. The number of carbonyl (C=O) groups excluding carboxylic acids is 3. The highest BCUT2D eigenvalue weighted by Gasteiger charge is 2.17. The van der Waals surface area contributed by atoms with Crippen LogP contribution in [0.3, 0.4) is 0 Å². The van der Waals surface area contributed by atoms with Crippen LogP contribution in [-0.4, -0.2) is 38.1 Å². The molecule has 0 aromatic heterocycles. The molecule has 0 aliphatic carbocycles. The lowest BCUT2D eigenvalue weighted by molar-refractivity contribution is -0.147. The van der Waals surface area contributed by atoms with Gasteiger partial charge in [-0.2, -0.15) is 0 Å². The molecule has 6 nitrogen and oxygen atoms in total. The van der Waals surface area contributed by atoms with Crippen LogP contribution in [0.4, 0.5) is 0 Å². The first-order chi connectivity index (χ1) is 6.51. The molecule has 1 amide bonds. The number of amides is 1. The summed E-state index contributed by atoms with van der Waals surface area (Å²) in [7, 11) is 2.39. The van der Waals surface area contributed by atoms with Gasteiger partial charge in [-0.3, -0.25) is 9.59 Å². The van der Waals surface area contributed by atoms with E-state index in [2.05, 4.69) is 14.8 Å². The number of ether oxygens (including phenoxy) is 2. The molecule has 0 heterocycles. The molecule has 0 bridgehead atoms. The van der Waals surface area contributed by atoms with Crippen molar-refractivity contribution >= 4 is 17.8 Å². The van der Waals surface area contributed by atoms with E-state index in [1.54, 1.807) is 0 Å². The summed E-state index contributed by atoms with van der Waals surface area (Å²) in [6, 6.07) is -0.767. The second-order valence-corrected chi connectivity index (χ2v) is 2.57. The minimum atomic E-state index is -0.767. The van der Waals surface area contributed by atoms with Crippen LogP contribution in [0.2, 0.25) is 0 Å². The van der Waals surface area contributed by atoms with Gasteiger partial charge in [-0.25, -0.2) is 4.79 Å². The van der Waals surface area contributed by atoms with Gasteiger partial charge in [-0.05, 0) is 6.92 Å². The van der Waals surface area contributed by atoms with Crippen molar-refractivity contribution in [3.63, 3.8) is 0 Å². The predicted molar refractivity (Wildman–Crippen MR) is 46.3 cm³/mol. The minimum Gasteiger partial charge on any atom is -0.469 e. The number of nitrogens with one attached hydrogen (secondary N) is 1. The second-order valence-electron chi connectivity index (χ2n) is 2.57. The molecule has 0 fully saturated rings. The maximum absolute atomic E-state index is 11.0. The number of methoxy groups -OCH3 is 2. The summed E-state index contributed by atoms with van der Waals surface area (Å²) in [5.41, 5.74) is 0. The van der Waals surface area contributed by atoms with Crippen LogP contribution >= 0.6 is 0 Å². The van der Waals surface area contributed by atoms with E-state index in [4.69, 9.17) is 0 Å². The zero-order valence-electron chi connectivity index (χ0n) is 8.33. The molecule has 0 aliphatic rings. The standard InChI is InChI=1S/C8H13NO5/c1-5(8(12)14-3)9-6(10)4-7(11)13-2/h5H,4H2,1-3H3,(H,9,10). The van der Waals surface area contributed by atoms with E-state index < -0.39 is 30.3 Å². The fourth-order valence-electron chi connectivity index (χ4n) is 0.731. The monoisotopic (exact) mass is 203 g/mol. The van der Waals surface area contributed by atoms with E-state index in [-0.39, 0.29) is 0 Å². The Hall–Kier alpha value is -1.59. The largest absolute Gasteiger partial charge is 0.469 e. The fourth-order valence-corrected chi connectivity index (χ4v) is 0.731. The Morgan fingerprint density at radius 1 is 1.21 bits per heavy atom. The molecule has 0 aromatic carbocycles. The molecule has 6 heteroatoms. The SMILES string of the molecule is COC(=O)CC(=O)NC(C)C(=O)OC. The number of rotatable bonds is 4. The third-order valence-corrected chi connectivity index (χ3v) is 1.46. The molecule has 0 aliphatic heterocycles. The van der Waals surface area contributed by atoms with Crippen molar-refractivity contribution in [3.8, 4) is 0 Å². The Bertz CT molecular complexity index is 238. The second kappa shape index (κ2) is 5.95. The summed E-state index contributed by atoms with van der Waals surface area (Å²) in [6.07, 6.45) is -0.405. The van der Waals surface area contributed by atoms with Crippen LogP contribution in [0.5, 0.6) is 0 Å². The molecule has 0 rings (SSSR count). The van der Waals surface area contributed by atoms with E-state index in [1.165, 1.54) is 21.1 Å². The Labute approximate surface area is 81.6 Å². The van der Waals surface area contributed by atoms with Crippen molar-refractivity contribution in [2.75, 3.05) is 14.2 Å². The molecule has 0 radical (unpaired) electrons. The van der Waals surface area contributed by atoms with Gasteiger partial charge in [0.25, 0.3) is 0 Å². The van der Waals surface area contributed by atoms with Crippen molar-refractivity contribution in [2.45, 2.75) is 19.4 Å². The van der Waals surface area contributed by atoms with Crippen LogP contribution in [-0.2, 0) is 23.9 Å². The van der Waals surface area contributed by atoms with Gasteiger partial charge < -0.3 is 14.8 Å². The van der Waals surface area contributed by atoms with Crippen LogP contribution < -0.4 is 5.32 Å². The average Bonchev–Trinajstić information content (AvgIpc) is 2.15. The first-order valence-corrected chi connectivity index (χ1v) is 3.95. The molecule has 1 N–H and O–H groups in total. The molecule has 1 unspecified atom stereocenters. The molecular formula is C8H13NO5. The summed E-state index contributed by atoms with van der Waals surface area (Å²) >= 11 is 0. The number of esters is 2. The van der Waals surface area contributed by atoms with Gasteiger partial charge in [0.2, 0.25) is 5.91 Å². The summed E-state index contributed by atoms with van der Waals surface area (Å²) in [4.78, 5) is 32.5. The molecule has 0 spiro atoms. The van der Waals surface area contributed by atoms with E-state index in [1.807, 2.05) is 0 Å². The lowest BCUT2D eigenvalue weighted by Crippen LogP contribution is -2.40. The van der Waals surface area contributed by atoms with Gasteiger partial charge in [0.05, 0.1) is 14.2 Å². The lowest BCUT2D eigenvalue weighted by atomic mass is 10.3. The van der Waals surface area contributed by atoms with Crippen LogP contribution in [0.25, 0.3) is 0 Å². The van der Waals surface area contributed by atoms with Gasteiger partial charge in [0.15, 0.2) is 0 Å². The fraction of sp³-hybridized carbons (Fsp3) is 0.625. The van der Waals surface area contributed by atoms with Crippen molar-refractivity contribution in [1.29, 1.82) is 0 Å². The zero-order chi connectivity index (χ0) is 11.1. The predicted octanol–water partition coefficient (Wildman–Crippen LogP) is -0.773. The molecule has 0 saturated carbocycles. The van der Waals surface area contributed by atoms with Crippen molar-refractivity contribution < 1.29 is 23.9 Å². The van der Waals surface area contributed by atoms with E-state index >= 15 is 0 Å². The molecular weight excluding hydrogens is 190 g/mol. The van der Waals surface area contributed by atoms with Gasteiger partial charge in [0.1, 0.15) is 12.5 Å². The first kappa shape index (κ1) is 12.4. The molecule has 0 aromatic rings. The smallest absolute Gasteiger partial charge is 0.328 e. The molecule has 1 atom stereocenters. The van der Waals surface area contributed by atoms with Gasteiger partial charge in [-0.15, -0.1) is 0 Å². The number of hydrogen-bond donors (Lipinski definition) is 1. The number of carbonyl (C=O) groups is 3. The maximum Gasteiger partial charge on any atom is 0.328 e. The quantitative estimate of drug-likeness (QED) is 0.479. The Morgan fingerprint density at radius 3 is 2.21 bits per heavy atom. The Balaban J connectivity index is 3.94. The summed E-state index contributed by atoms with van der Waals surface area (Å²) in [6.45, 7) is 1.46. The van der Waals surface area contributed by atoms with Crippen LogP contribution in [0, 0.1) is 0 Å². The lowest BCUT2D eigenvalue weighted by Gasteiger charge is -2.10. The molecule has 0 saturated heterocycles. The van der Waals surface area contributed by atoms with Gasteiger partial charge in [-0.1, -0.05) is 0 Å².